The standard InChI is InChI=1S/C28H48N4O5/c1-5-36-25(33)21-30-13-11-22(12-14-30)20-31-15-17-32(18-16-31)26(34)24(23-9-7-6-8-10-23)19-29-27(35)37-28(2,3)4/h19,22-24H,5-18,20-21H2,1-4H3/b29-19+. The zero-order valence-corrected chi connectivity index (χ0v) is 23.5. The number of likely N-dealkylation sites (tertiary alicyclic amines) is 1. The largest absolute Gasteiger partial charge is 0.465 e. The first-order chi connectivity index (χ1) is 17.6. The predicted molar refractivity (Wildman–Crippen MR) is 144 cm³/mol. The van der Waals surface area contributed by atoms with Crippen molar-refractivity contribution in [2.75, 3.05) is 59.0 Å². The maximum Gasteiger partial charge on any atom is 0.433 e. The molecule has 0 N–H and O–H groups in total. The van der Waals surface area contributed by atoms with E-state index in [-0.39, 0.29) is 23.7 Å². The van der Waals surface area contributed by atoms with E-state index in [2.05, 4.69) is 14.8 Å². The first-order valence-corrected chi connectivity index (χ1v) is 14.3. The Morgan fingerprint density at radius 2 is 1.57 bits per heavy atom. The Bertz CT molecular complexity index is 774. The van der Waals surface area contributed by atoms with Crippen LogP contribution in [0, 0.1) is 17.8 Å². The summed E-state index contributed by atoms with van der Waals surface area (Å²) in [6.07, 6.45) is 8.59. The van der Waals surface area contributed by atoms with Crippen LogP contribution in [0.4, 0.5) is 4.79 Å². The van der Waals surface area contributed by atoms with Crippen LogP contribution in [0.25, 0.3) is 0 Å². The minimum atomic E-state index is -0.626. The number of piperidine rings is 1. The number of hydrogen-bond acceptors (Lipinski definition) is 7. The smallest absolute Gasteiger partial charge is 0.433 e. The average molecular weight is 521 g/mol. The number of aliphatic imine (C=N–C) groups is 1. The molecular weight excluding hydrogens is 472 g/mol. The fraction of sp³-hybridized carbons (Fsp3) is 0.857. The highest BCUT2D eigenvalue weighted by atomic mass is 16.6. The number of carbonyl (C=O) groups excluding carboxylic acids is 3. The third-order valence-electron chi connectivity index (χ3n) is 7.74. The normalized spacial score (nSPS) is 22.2. The summed E-state index contributed by atoms with van der Waals surface area (Å²) in [7, 11) is 0. The molecule has 2 heterocycles. The molecule has 1 aliphatic carbocycles. The Morgan fingerprint density at radius 3 is 2.16 bits per heavy atom. The van der Waals surface area contributed by atoms with Crippen LogP contribution in [0.2, 0.25) is 0 Å². The van der Waals surface area contributed by atoms with Crippen molar-refractivity contribution >= 4 is 24.2 Å². The van der Waals surface area contributed by atoms with E-state index in [4.69, 9.17) is 9.47 Å². The van der Waals surface area contributed by atoms with Gasteiger partial charge >= 0.3 is 12.1 Å². The van der Waals surface area contributed by atoms with Gasteiger partial charge in [0.25, 0.3) is 0 Å². The molecule has 3 aliphatic rings. The van der Waals surface area contributed by atoms with Gasteiger partial charge < -0.3 is 14.4 Å². The molecule has 2 aliphatic heterocycles. The van der Waals surface area contributed by atoms with Gasteiger partial charge in [-0.25, -0.2) is 4.79 Å². The molecule has 0 aromatic carbocycles. The molecule has 0 aromatic rings. The summed E-state index contributed by atoms with van der Waals surface area (Å²) in [4.78, 5) is 48.2. The van der Waals surface area contributed by atoms with Crippen molar-refractivity contribution in [3.05, 3.63) is 0 Å². The summed E-state index contributed by atoms with van der Waals surface area (Å²) >= 11 is 0. The molecule has 2 saturated heterocycles. The van der Waals surface area contributed by atoms with E-state index in [1.165, 1.54) is 6.42 Å². The summed E-state index contributed by atoms with van der Waals surface area (Å²) in [6, 6.07) is 0. The zero-order chi connectivity index (χ0) is 26.8. The average Bonchev–Trinajstić information content (AvgIpc) is 2.85. The van der Waals surface area contributed by atoms with Crippen LogP contribution in [-0.2, 0) is 19.1 Å². The summed E-state index contributed by atoms with van der Waals surface area (Å²) in [5.41, 5.74) is -0.605. The molecule has 3 fully saturated rings. The second kappa shape index (κ2) is 14.2. The molecular formula is C28H48N4O5. The minimum Gasteiger partial charge on any atom is -0.465 e. The zero-order valence-electron chi connectivity index (χ0n) is 23.5. The lowest BCUT2D eigenvalue weighted by Gasteiger charge is -2.40. The summed E-state index contributed by atoms with van der Waals surface area (Å²) in [6.45, 7) is 14.2. The summed E-state index contributed by atoms with van der Waals surface area (Å²) in [5.74, 6) is 0.473. The number of amides is 2. The van der Waals surface area contributed by atoms with Crippen LogP contribution in [0.3, 0.4) is 0 Å². The van der Waals surface area contributed by atoms with E-state index in [0.717, 1.165) is 71.2 Å². The van der Waals surface area contributed by atoms with E-state index in [9.17, 15) is 14.4 Å². The lowest BCUT2D eigenvalue weighted by atomic mass is 9.79. The molecule has 1 saturated carbocycles. The Hall–Kier alpha value is -2.00. The highest BCUT2D eigenvalue weighted by Crippen LogP contribution is 2.31. The fourth-order valence-corrected chi connectivity index (χ4v) is 5.75. The van der Waals surface area contributed by atoms with E-state index in [0.29, 0.717) is 32.2 Å². The van der Waals surface area contributed by atoms with Crippen LogP contribution in [0.1, 0.15) is 72.6 Å². The molecule has 1 unspecified atom stereocenters. The van der Waals surface area contributed by atoms with Crippen LogP contribution >= 0.6 is 0 Å². The number of ether oxygens (including phenoxy) is 2. The highest BCUT2D eigenvalue weighted by Gasteiger charge is 2.34. The van der Waals surface area contributed by atoms with Gasteiger partial charge in [-0.1, -0.05) is 19.3 Å². The summed E-state index contributed by atoms with van der Waals surface area (Å²) < 4.78 is 10.4. The number of esters is 1. The third-order valence-corrected chi connectivity index (χ3v) is 7.74. The maximum absolute atomic E-state index is 13.6. The monoisotopic (exact) mass is 520 g/mol. The molecule has 210 valence electrons. The number of nitrogens with zero attached hydrogens (tertiary/aromatic N) is 4. The third kappa shape index (κ3) is 10.0. The van der Waals surface area contributed by atoms with Crippen molar-refractivity contribution in [2.24, 2.45) is 22.7 Å². The first-order valence-electron chi connectivity index (χ1n) is 14.3. The molecule has 9 heteroatoms. The number of rotatable bonds is 8. The minimum absolute atomic E-state index is 0.103. The molecule has 0 radical (unpaired) electrons. The lowest BCUT2D eigenvalue weighted by molar-refractivity contribution is -0.145. The molecule has 0 aromatic heterocycles. The van der Waals surface area contributed by atoms with E-state index in [1.807, 2.05) is 32.6 Å². The molecule has 2 amide bonds. The van der Waals surface area contributed by atoms with Gasteiger partial charge in [-0.2, -0.15) is 4.99 Å². The van der Waals surface area contributed by atoms with Crippen molar-refractivity contribution in [1.29, 1.82) is 0 Å². The Morgan fingerprint density at radius 1 is 0.919 bits per heavy atom. The van der Waals surface area contributed by atoms with Gasteiger partial charge in [-0.05, 0) is 78.3 Å². The summed E-state index contributed by atoms with van der Waals surface area (Å²) in [5, 5.41) is 0. The number of piperazine rings is 1. The van der Waals surface area contributed by atoms with Gasteiger partial charge in [0.05, 0.1) is 19.1 Å². The molecule has 1 atom stereocenters. The molecule has 0 bridgehead atoms. The molecule has 9 nitrogen and oxygen atoms in total. The Balaban J connectivity index is 1.47. The van der Waals surface area contributed by atoms with Gasteiger partial charge in [0.2, 0.25) is 5.91 Å². The van der Waals surface area contributed by atoms with E-state index in [1.54, 1.807) is 6.21 Å². The Labute approximate surface area is 222 Å². The number of carbonyl (C=O) groups is 3. The van der Waals surface area contributed by atoms with Gasteiger partial charge in [0, 0.05) is 38.9 Å². The first kappa shape index (κ1) is 29.6. The fourth-order valence-electron chi connectivity index (χ4n) is 5.75. The van der Waals surface area contributed by atoms with Crippen molar-refractivity contribution in [2.45, 2.75) is 78.2 Å². The predicted octanol–water partition coefficient (Wildman–Crippen LogP) is 3.61. The van der Waals surface area contributed by atoms with Crippen molar-refractivity contribution in [1.82, 2.24) is 14.7 Å². The van der Waals surface area contributed by atoms with Gasteiger partial charge in [-0.3, -0.25) is 19.4 Å². The quantitative estimate of drug-likeness (QED) is 0.357. The Kier molecular flexibility index (Phi) is 11.4. The van der Waals surface area contributed by atoms with Crippen LogP contribution in [0.15, 0.2) is 4.99 Å². The van der Waals surface area contributed by atoms with Crippen LogP contribution in [0.5, 0.6) is 0 Å². The van der Waals surface area contributed by atoms with Crippen molar-refractivity contribution < 1.29 is 23.9 Å². The highest BCUT2D eigenvalue weighted by molar-refractivity contribution is 5.96. The SMILES string of the molecule is CCOC(=O)CN1CCC(CN2CCN(C(=O)C(/C=N/C(=O)OC(C)(C)C)C3CCCCC3)CC2)CC1. The van der Waals surface area contributed by atoms with Gasteiger partial charge in [0.15, 0.2) is 0 Å². The number of hydrogen-bond donors (Lipinski definition) is 0. The van der Waals surface area contributed by atoms with Crippen LogP contribution in [-0.4, -0.2) is 103 Å². The molecule has 37 heavy (non-hydrogen) atoms. The van der Waals surface area contributed by atoms with Crippen molar-refractivity contribution in [3.8, 4) is 0 Å². The van der Waals surface area contributed by atoms with Crippen LogP contribution < -0.4 is 0 Å². The topological polar surface area (TPSA) is 91.8 Å². The second-order valence-corrected chi connectivity index (χ2v) is 11.8. The second-order valence-electron chi connectivity index (χ2n) is 11.8. The maximum atomic E-state index is 13.6. The van der Waals surface area contributed by atoms with E-state index < -0.39 is 11.7 Å². The van der Waals surface area contributed by atoms with Gasteiger partial charge in [0.1, 0.15) is 5.60 Å². The molecule has 0 spiro atoms. The van der Waals surface area contributed by atoms with E-state index >= 15 is 0 Å². The molecule has 3 rings (SSSR count). The van der Waals surface area contributed by atoms with Crippen molar-refractivity contribution in [3.63, 3.8) is 0 Å². The lowest BCUT2D eigenvalue weighted by Crippen LogP contribution is -2.52. The van der Waals surface area contributed by atoms with Gasteiger partial charge in [-0.15, -0.1) is 0 Å².